The summed E-state index contributed by atoms with van der Waals surface area (Å²) in [5.74, 6) is 0.0778. The normalized spacial score (nSPS) is 15.4. The van der Waals surface area contributed by atoms with Gasteiger partial charge in [-0.25, -0.2) is 0 Å². The molecule has 0 spiro atoms. The van der Waals surface area contributed by atoms with E-state index in [9.17, 15) is 4.79 Å². The first-order chi connectivity index (χ1) is 13.6. The van der Waals surface area contributed by atoms with Gasteiger partial charge in [0.15, 0.2) is 0 Å². The van der Waals surface area contributed by atoms with Gasteiger partial charge in [-0.2, -0.15) is 5.26 Å². The van der Waals surface area contributed by atoms with E-state index in [1.54, 1.807) is 0 Å². The van der Waals surface area contributed by atoms with Gasteiger partial charge in [-0.1, -0.05) is 24.3 Å². The average Bonchev–Trinajstić information content (AvgIpc) is 2.99. The molecule has 1 aliphatic rings. The fourth-order valence-corrected chi connectivity index (χ4v) is 3.80. The topological polar surface area (TPSA) is 63.1 Å². The monoisotopic (exact) mass is 372 g/mol. The molecule has 0 saturated carbocycles. The van der Waals surface area contributed by atoms with Crippen molar-refractivity contribution in [3.63, 3.8) is 0 Å². The fourth-order valence-electron chi connectivity index (χ4n) is 3.80. The number of rotatable bonds is 3. The van der Waals surface area contributed by atoms with Crippen LogP contribution in [0.4, 0.5) is 0 Å². The molecule has 1 saturated heterocycles. The Balaban J connectivity index is 1.41. The summed E-state index contributed by atoms with van der Waals surface area (Å²) >= 11 is 0. The molecule has 1 aliphatic heterocycles. The van der Waals surface area contributed by atoms with Crippen LogP contribution in [0.15, 0.2) is 48.5 Å². The predicted octanol–water partition coefficient (Wildman–Crippen LogP) is 3.70. The molecule has 142 valence electrons. The number of H-pyrrole nitrogens is 1. The highest BCUT2D eigenvalue weighted by Gasteiger charge is 2.21. The van der Waals surface area contributed by atoms with Crippen molar-refractivity contribution in [2.24, 2.45) is 0 Å². The van der Waals surface area contributed by atoms with Crippen molar-refractivity contribution in [3.05, 3.63) is 70.9 Å². The van der Waals surface area contributed by atoms with Crippen molar-refractivity contribution >= 4 is 16.8 Å². The van der Waals surface area contributed by atoms with Crippen LogP contribution in [0.25, 0.3) is 10.9 Å². The van der Waals surface area contributed by atoms with Gasteiger partial charge in [0.2, 0.25) is 0 Å². The average molecular weight is 372 g/mol. The van der Waals surface area contributed by atoms with Gasteiger partial charge >= 0.3 is 0 Å². The number of benzene rings is 2. The molecule has 28 heavy (non-hydrogen) atoms. The van der Waals surface area contributed by atoms with E-state index >= 15 is 0 Å². The number of hydrogen-bond acceptors (Lipinski definition) is 3. The lowest BCUT2D eigenvalue weighted by Gasteiger charge is -2.21. The van der Waals surface area contributed by atoms with E-state index in [0.29, 0.717) is 11.3 Å². The molecular weight excluding hydrogens is 348 g/mol. The minimum atomic E-state index is 0.0778. The van der Waals surface area contributed by atoms with Crippen LogP contribution in [0.5, 0.6) is 0 Å². The van der Waals surface area contributed by atoms with Crippen LogP contribution in [0.1, 0.15) is 33.6 Å². The minimum Gasteiger partial charge on any atom is -0.351 e. The van der Waals surface area contributed by atoms with Gasteiger partial charge in [0.25, 0.3) is 5.91 Å². The van der Waals surface area contributed by atoms with Crippen molar-refractivity contribution in [2.75, 3.05) is 26.2 Å². The first-order valence-corrected chi connectivity index (χ1v) is 9.72. The Labute approximate surface area is 165 Å². The third-order valence-corrected chi connectivity index (χ3v) is 5.37. The van der Waals surface area contributed by atoms with Crippen molar-refractivity contribution in [1.29, 1.82) is 5.26 Å². The first-order valence-electron chi connectivity index (χ1n) is 9.72. The van der Waals surface area contributed by atoms with E-state index < -0.39 is 0 Å². The summed E-state index contributed by atoms with van der Waals surface area (Å²) in [7, 11) is 0. The summed E-state index contributed by atoms with van der Waals surface area (Å²) in [6.07, 6.45) is 0.960. The quantitative estimate of drug-likeness (QED) is 0.763. The summed E-state index contributed by atoms with van der Waals surface area (Å²) in [6, 6.07) is 18.1. The van der Waals surface area contributed by atoms with Crippen molar-refractivity contribution in [1.82, 2.24) is 14.8 Å². The van der Waals surface area contributed by atoms with Crippen LogP contribution in [0.3, 0.4) is 0 Å². The number of amides is 1. The number of carbonyl (C=O) groups is 1. The zero-order valence-corrected chi connectivity index (χ0v) is 16.1. The van der Waals surface area contributed by atoms with E-state index in [1.807, 2.05) is 35.2 Å². The van der Waals surface area contributed by atoms with Gasteiger partial charge in [0.05, 0.1) is 11.6 Å². The molecule has 1 amide bonds. The van der Waals surface area contributed by atoms with Crippen molar-refractivity contribution in [3.8, 4) is 6.07 Å². The Morgan fingerprint density at radius 1 is 1.07 bits per heavy atom. The van der Waals surface area contributed by atoms with Gasteiger partial charge in [-0.05, 0) is 48.7 Å². The molecule has 2 aromatic carbocycles. The smallest absolute Gasteiger partial charge is 0.270 e. The molecule has 3 aromatic rings. The molecule has 5 nitrogen and oxygen atoms in total. The van der Waals surface area contributed by atoms with Gasteiger partial charge in [-0.15, -0.1) is 0 Å². The number of nitrogens with zero attached hydrogens (tertiary/aromatic N) is 3. The predicted molar refractivity (Wildman–Crippen MR) is 110 cm³/mol. The lowest BCUT2D eigenvalue weighted by atomic mass is 10.1. The minimum absolute atomic E-state index is 0.0778. The number of hydrogen-bond donors (Lipinski definition) is 1. The molecule has 1 aromatic heterocycles. The second-order valence-electron chi connectivity index (χ2n) is 7.50. The van der Waals surface area contributed by atoms with Gasteiger partial charge < -0.3 is 9.88 Å². The standard InChI is InChI=1S/C23H24N4O/c1-17-3-8-20-14-22(25-21(20)13-17)23(28)27-10-2-9-26(11-12-27)16-19-6-4-18(15-24)5-7-19/h3-8,13-14,25H,2,9-12,16H2,1H3. The molecule has 0 bridgehead atoms. The lowest BCUT2D eigenvalue weighted by Crippen LogP contribution is -2.35. The molecule has 0 radical (unpaired) electrons. The maximum atomic E-state index is 13.0. The second-order valence-corrected chi connectivity index (χ2v) is 7.50. The summed E-state index contributed by atoms with van der Waals surface area (Å²) in [6.45, 7) is 6.22. The molecule has 4 rings (SSSR count). The highest BCUT2D eigenvalue weighted by atomic mass is 16.2. The Bertz CT molecular complexity index is 1030. The van der Waals surface area contributed by atoms with Crippen LogP contribution >= 0.6 is 0 Å². The molecule has 0 unspecified atom stereocenters. The van der Waals surface area contributed by atoms with Crippen LogP contribution in [-0.4, -0.2) is 46.9 Å². The molecule has 0 aliphatic carbocycles. The van der Waals surface area contributed by atoms with Crippen LogP contribution in [-0.2, 0) is 6.54 Å². The van der Waals surface area contributed by atoms with Crippen molar-refractivity contribution in [2.45, 2.75) is 19.9 Å². The Morgan fingerprint density at radius 2 is 1.89 bits per heavy atom. The van der Waals surface area contributed by atoms with Crippen LogP contribution in [0, 0.1) is 18.3 Å². The maximum absolute atomic E-state index is 13.0. The van der Waals surface area contributed by atoms with Gasteiger partial charge in [-0.3, -0.25) is 9.69 Å². The zero-order chi connectivity index (χ0) is 19.5. The number of aromatic nitrogens is 1. The van der Waals surface area contributed by atoms with Gasteiger partial charge in [0.1, 0.15) is 5.69 Å². The Morgan fingerprint density at radius 3 is 2.68 bits per heavy atom. The summed E-state index contributed by atoms with van der Waals surface area (Å²) < 4.78 is 0. The summed E-state index contributed by atoms with van der Waals surface area (Å²) in [5.41, 5.74) is 4.75. The molecule has 2 heterocycles. The molecule has 0 atom stereocenters. The first kappa shape index (κ1) is 18.3. The van der Waals surface area contributed by atoms with E-state index in [4.69, 9.17) is 5.26 Å². The molecule has 1 fully saturated rings. The number of nitrogens with one attached hydrogen (secondary N) is 1. The third-order valence-electron chi connectivity index (χ3n) is 5.37. The van der Waals surface area contributed by atoms with E-state index in [1.165, 1.54) is 11.1 Å². The van der Waals surface area contributed by atoms with E-state index in [0.717, 1.165) is 50.0 Å². The van der Waals surface area contributed by atoms with E-state index in [-0.39, 0.29) is 5.91 Å². The summed E-state index contributed by atoms with van der Waals surface area (Å²) in [4.78, 5) is 20.6. The third kappa shape index (κ3) is 3.92. The fraction of sp³-hybridized carbons (Fsp3) is 0.304. The van der Waals surface area contributed by atoms with Gasteiger partial charge in [0, 0.05) is 43.6 Å². The maximum Gasteiger partial charge on any atom is 0.270 e. The number of fused-ring (bicyclic) bond motifs is 1. The molecule has 1 N–H and O–H groups in total. The SMILES string of the molecule is Cc1ccc2cc(C(=O)N3CCCN(Cc4ccc(C#N)cc4)CC3)[nH]c2c1. The number of nitriles is 1. The zero-order valence-electron chi connectivity index (χ0n) is 16.1. The van der Waals surface area contributed by atoms with E-state index in [2.05, 4.69) is 41.1 Å². The highest BCUT2D eigenvalue weighted by Crippen LogP contribution is 2.19. The number of aryl methyl sites for hydroxylation is 1. The Kier molecular flexibility index (Phi) is 5.14. The number of carbonyl (C=O) groups excluding carboxylic acids is 1. The molecular formula is C23H24N4O. The highest BCUT2D eigenvalue weighted by molar-refractivity contribution is 5.98. The Hall–Kier alpha value is -3.10. The lowest BCUT2D eigenvalue weighted by molar-refractivity contribution is 0.0756. The van der Waals surface area contributed by atoms with Crippen LogP contribution < -0.4 is 0 Å². The number of aromatic amines is 1. The van der Waals surface area contributed by atoms with Crippen LogP contribution in [0.2, 0.25) is 0 Å². The van der Waals surface area contributed by atoms with Crippen molar-refractivity contribution < 1.29 is 4.79 Å². The molecule has 5 heteroatoms. The second kappa shape index (κ2) is 7.87. The largest absolute Gasteiger partial charge is 0.351 e. The summed E-state index contributed by atoms with van der Waals surface area (Å²) in [5, 5.41) is 10.00.